The molecule has 1 aromatic heterocycles. The van der Waals surface area contributed by atoms with Crippen LogP contribution in [0.2, 0.25) is 0 Å². The molecule has 4 rings (SSSR count). The number of benzene rings is 1. The van der Waals surface area contributed by atoms with Crippen molar-refractivity contribution in [2.24, 2.45) is 0 Å². The maximum atomic E-state index is 12.4. The molecule has 2 fully saturated rings. The molecule has 2 aromatic rings. The quantitative estimate of drug-likeness (QED) is 0.801. The second-order valence-corrected chi connectivity index (χ2v) is 7.27. The molecule has 1 amide bonds. The Bertz CT molecular complexity index is 799. The maximum Gasteiger partial charge on any atom is 0.253 e. The topological polar surface area (TPSA) is 64.1 Å². The van der Waals surface area contributed by atoms with E-state index in [9.17, 15) is 4.79 Å². The first-order valence-electron chi connectivity index (χ1n) is 9.45. The fourth-order valence-corrected chi connectivity index (χ4v) is 3.75. The van der Waals surface area contributed by atoms with Gasteiger partial charge in [-0.25, -0.2) is 0 Å². The summed E-state index contributed by atoms with van der Waals surface area (Å²) in [4.78, 5) is 20.7. The van der Waals surface area contributed by atoms with Gasteiger partial charge in [0, 0.05) is 25.8 Å². The van der Waals surface area contributed by atoms with E-state index in [0.29, 0.717) is 26.3 Å². The van der Waals surface area contributed by atoms with Gasteiger partial charge in [0.25, 0.3) is 5.91 Å². The van der Waals surface area contributed by atoms with E-state index < -0.39 is 5.60 Å². The molecule has 3 heterocycles. The van der Waals surface area contributed by atoms with Crippen LogP contribution in [0.3, 0.4) is 0 Å². The molecular weight excluding hydrogens is 358 g/mol. The first kappa shape index (κ1) is 18.9. The highest BCUT2D eigenvalue weighted by atomic mass is 16.6. The molecule has 2 saturated heterocycles. The minimum absolute atomic E-state index is 0.0502. The van der Waals surface area contributed by atoms with Gasteiger partial charge < -0.3 is 19.1 Å². The van der Waals surface area contributed by atoms with Gasteiger partial charge in [-0.1, -0.05) is 12.1 Å². The SMILES string of the molecule is COc1ccc(CN2CCOC[C@]3(C2)CN(c2cccnc2)C(=O)CO3)cc1. The van der Waals surface area contributed by atoms with E-state index in [0.717, 1.165) is 24.5 Å². The molecule has 0 radical (unpaired) electrons. The molecule has 7 heteroatoms. The van der Waals surface area contributed by atoms with Crippen LogP contribution in [-0.2, 0) is 20.8 Å². The van der Waals surface area contributed by atoms with Crippen LogP contribution in [0.15, 0.2) is 48.8 Å². The lowest BCUT2D eigenvalue weighted by Crippen LogP contribution is -2.60. The predicted molar refractivity (Wildman–Crippen MR) is 104 cm³/mol. The molecule has 1 atom stereocenters. The molecule has 2 aliphatic rings. The first-order chi connectivity index (χ1) is 13.7. The van der Waals surface area contributed by atoms with E-state index in [1.807, 2.05) is 24.3 Å². The lowest BCUT2D eigenvalue weighted by molar-refractivity contribution is -0.146. The summed E-state index contributed by atoms with van der Waals surface area (Å²) in [5.74, 6) is 0.797. The summed E-state index contributed by atoms with van der Waals surface area (Å²) in [6.45, 7) is 3.92. The van der Waals surface area contributed by atoms with E-state index in [1.165, 1.54) is 5.56 Å². The normalized spacial score (nSPS) is 23.6. The molecule has 7 nitrogen and oxygen atoms in total. The number of hydrogen-bond acceptors (Lipinski definition) is 6. The summed E-state index contributed by atoms with van der Waals surface area (Å²) in [6.07, 6.45) is 3.42. The fourth-order valence-electron chi connectivity index (χ4n) is 3.75. The number of pyridine rings is 1. The van der Waals surface area contributed by atoms with Crippen molar-refractivity contribution < 1.29 is 19.0 Å². The Morgan fingerprint density at radius 1 is 1.21 bits per heavy atom. The summed E-state index contributed by atoms with van der Waals surface area (Å²) in [6, 6.07) is 11.8. The van der Waals surface area contributed by atoms with Crippen molar-refractivity contribution in [2.75, 3.05) is 51.5 Å². The van der Waals surface area contributed by atoms with Crippen LogP contribution in [0.5, 0.6) is 5.75 Å². The van der Waals surface area contributed by atoms with Crippen LogP contribution in [0.25, 0.3) is 0 Å². The standard InChI is InChI=1S/C21H25N3O4/c1-26-19-6-4-17(5-7-19)12-23-9-10-27-16-21(14-23)15-24(20(25)13-28-21)18-3-2-8-22-11-18/h2-8,11H,9-10,12-16H2,1H3/t21-/m0/s1. The predicted octanol–water partition coefficient (Wildman–Crippen LogP) is 1.72. The van der Waals surface area contributed by atoms with E-state index in [4.69, 9.17) is 14.2 Å². The van der Waals surface area contributed by atoms with Gasteiger partial charge >= 0.3 is 0 Å². The number of amides is 1. The zero-order valence-corrected chi connectivity index (χ0v) is 16.0. The summed E-state index contributed by atoms with van der Waals surface area (Å²) >= 11 is 0. The maximum absolute atomic E-state index is 12.4. The van der Waals surface area contributed by atoms with Gasteiger partial charge in [0.05, 0.1) is 38.8 Å². The molecule has 1 spiro atoms. The number of rotatable bonds is 4. The number of aromatic nitrogens is 1. The molecule has 2 aliphatic heterocycles. The van der Waals surface area contributed by atoms with E-state index in [1.54, 1.807) is 24.4 Å². The molecule has 0 N–H and O–H groups in total. The van der Waals surface area contributed by atoms with Crippen molar-refractivity contribution in [1.29, 1.82) is 0 Å². The minimum atomic E-state index is -0.549. The zero-order valence-electron chi connectivity index (χ0n) is 16.0. The molecule has 0 unspecified atom stereocenters. The lowest BCUT2D eigenvalue weighted by atomic mass is 10.0. The highest BCUT2D eigenvalue weighted by Gasteiger charge is 2.43. The van der Waals surface area contributed by atoms with Crippen molar-refractivity contribution in [3.63, 3.8) is 0 Å². The largest absolute Gasteiger partial charge is 0.497 e. The van der Waals surface area contributed by atoms with Crippen LogP contribution < -0.4 is 9.64 Å². The highest BCUT2D eigenvalue weighted by molar-refractivity contribution is 5.95. The Hall–Kier alpha value is -2.48. The average Bonchev–Trinajstić information content (AvgIpc) is 2.93. The Morgan fingerprint density at radius 2 is 2.07 bits per heavy atom. The van der Waals surface area contributed by atoms with Crippen LogP contribution in [0, 0.1) is 0 Å². The molecular formula is C21H25N3O4. The monoisotopic (exact) mass is 383 g/mol. The van der Waals surface area contributed by atoms with E-state index >= 15 is 0 Å². The number of methoxy groups -OCH3 is 1. The van der Waals surface area contributed by atoms with Crippen LogP contribution >= 0.6 is 0 Å². The van der Waals surface area contributed by atoms with E-state index in [2.05, 4.69) is 22.0 Å². The minimum Gasteiger partial charge on any atom is -0.497 e. The molecule has 28 heavy (non-hydrogen) atoms. The number of carbonyl (C=O) groups is 1. The van der Waals surface area contributed by atoms with Crippen molar-refractivity contribution >= 4 is 11.6 Å². The Morgan fingerprint density at radius 3 is 2.82 bits per heavy atom. The molecule has 0 bridgehead atoms. The zero-order chi connectivity index (χ0) is 19.4. The van der Waals surface area contributed by atoms with Gasteiger partial charge in [0.1, 0.15) is 18.0 Å². The number of nitrogens with zero attached hydrogens (tertiary/aromatic N) is 3. The summed E-state index contributed by atoms with van der Waals surface area (Å²) in [5, 5.41) is 0. The number of ether oxygens (including phenoxy) is 3. The third-order valence-corrected chi connectivity index (χ3v) is 5.20. The van der Waals surface area contributed by atoms with Crippen LogP contribution in [0.4, 0.5) is 5.69 Å². The van der Waals surface area contributed by atoms with Gasteiger partial charge in [-0.05, 0) is 29.8 Å². The fraction of sp³-hybridized carbons (Fsp3) is 0.429. The summed E-state index contributed by atoms with van der Waals surface area (Å²) in [7, 11) is 1.67. The number of hydrogen-bond donors (Lipinski definition) is 0. The van der Waals surface area contributed by atoms with Crippen molar-refractivity contribution in [3.8, 4) is 5.75 Å². The third-order valence-electron chi connectivity index (χ3n) is 5.20. The number of anilines is 1. The smallest absolute Gasteiger partial charge is 0.253 e. The molecule has 0 aliphatic carbocycles. The van der Waals surface area contributed by atoms with Gasteiger partial charge in [-0.15, -0.1) is 0 Å². The average molecular weight is 383 g/mol. The van der Waals surface area contributed by atoms with Crippen molar-refractivity contribution in [2.45, 2.75) is 12.1 Å². The molecule has 1 aromatic carbocycles. The van der Waals surface area contributed by atoms with Crippen LogP contribution in [0.1, 0.15) is 5.56 Å². The Kier molecular flexibility index (Phi) is 5.57. The second kappa shape index (κ2) is 8.26. The molecule has 148 valence electrons. The highest BCUT2D eigenvalue weighted by Crippen LogP contribution is 2.27. The second-order valence-electron chi connectivity index (χ2n) is 7.27. The number of carbonyl (C=O) groups excluding carboxylic acids is 1. The summed E-state index contributed by atoms with van der Waals surface area (Å²) in [5.41, 5.74) is 1.45. The van der Waals surface area contributed by atoms with Gasteiger partial charge in [0.15, 0.2) is 0 Å². The van der Waals surface area contributed by atoms with Gasteiger partial charge in [-0.3, -0.25) is 14.7 Å². The Balaban J connectivity index is 1.50. The van der Waals surface area contributed by atoms with Gasteiger partial charge in [0.2, 0.25) is 0 Å². The molecule has 0 saturated carbocycles. The third kappa shape index (κ3) is 4.16. The van der Waals surface area contributed by atoms with Crippen molar-refractivity contribution in [3.05, 3.63) is 54.4 Å². The summed E-state index contributed by atoms with van der Waals surface area (Å²) < 4.78 is 17.2. The lowest BCUT2D eigenvalue weighted by Gasteiger charge is -2.43. The Labute approximate surface area is 164 Å². The first-order valence-corrected chi connectivity index (χ1v) is 9.45. The van der Waals surface area contributed by atoms with Crippen LogP contribution in [-0.4, -0.2) is 68.0 Å². The van der Waals surface area contributed by atoms with Crippen molar-refractivity contribution in [1.82, 2.24) is 9.88 Å². The van der Waals surface area contributed by atoms with Gasteiger partial charge in [-0.2, -0.15) is 0 Å². The number of morpholine rings is 1. The van der Waals surface area contributed by atoms with E-state index in [-0.39, 0.29) is 12.5 Å².